The van der Waals surface area contributed by atoms with Gasteiger partial charge in [-0.05, 0) is 61.7 Å². The molecule has 0 unspecified atom stereocenters. The highest BCUT2D eigenvalue weighted by atomic mass is 32.2. The Morgan fingerprint density at radius 3 is 2.42 bits per heavy atom. The standard InChI is InChI=1S/C21H22N2O6S2/c1-12(2)23-31(26,27)19-11-13(5-7-16(19)28-3)20(24)22-15-6-8-17-14(9-15)10-18(30-17)21(25)29-4/h5-12,23H,1-4H3,(H,22,24). The third kappa shape index (κ3) is 5.04. The van der Waals surface area contributed by atoms with Gasteiger partial charge in [0.05, 0.1) is 14.2 Å². The number of amides is 1. The summed E-state index contributed by atoms with van der Waals surface area (Å²) in [5, 5.41) is 3.53. The predicted octanol–water partition coefficient (Wildman–Crippen LogP) is 3.64. The van der Waals surface area contributed by atoms with Crippen molar-refractivity contribution >= 4 is 49.0 Å². The van der Waals surface area contributed by atoms with Gasteiger partial charge >= 0.3 is 5.97 Å². The third-order valence-electron chi connectivity index (χ3n) is 4.27. The van der Waals surface area contributed by atoms with Crippen LogP contribution in [-0.4, -0.2) is 40.6 Å². The molecule has 0 fully saturated rings. The van der Waals surface area contributed by atoms with Gasteiger partial charge in [0, 0.05) is 22.0 Å². The van der Waals surface area contributed by atoms with Crippen molar-refractivity contribution in [3.8, 4) is 5.75 Å². The first-order valence-electron chi connectivity index (χ1n) is 9.28. The molecule has 0 atom stereocenters. The summed E-state index contributed by atoms with van der Waals surface area (Å²) >= 11 is 1.29. The number of esters is 1. The van der Waals surface area contributed by atoms with E-state index in [1.807, 2.05) is 0 Å². The highest BCUT2D eigenvalue weighted by Crippen LogP contribution is 2.29. The van der Waals surface area contributed by atoms with Gasteiger partial charge in [-0.3, -0.25) is 4.79 Å². The number of ether oxygens (including phenoxy) is 2. The lowest BCUT2D eigenvalue weighted by atomic mass is 10.2. The molecular weight excluding hydrogens is 440 g/mol. The Balaban J connectivity index is 1.89. The molecule has 0 aliphatic rings. The quantitative estimate of drug-likeness (QED) is 0.519. The first kappa shape index (κ1) is 22.7. The summed E-state index contributed by atoms with van der Waals surface area (Å²) in [7, 11) is -1.18. The molecule has 0 spiro atoms. The Morgan fingerprint density at radius 2 is 1.77 bits per heavy atom. The van der Waals surface area contributed by atoms with Crippen LogP contribution in [0.3, 0.4) is 0 Å². The molecule has 10 heteroatoms. The molecule has 0 aliphatic heterocycles. The van der Waals surface area contributed by atoms with Gasteiger partial charge in [0.2, 0.25) is 10.0 Å². The topological polar surface area (TPSA) is 111 Å². The van der Waals surface area contributed by atoms with Crippen molar-refractivity contribution < 1.29 is 27.5 Å². The summed E-state index contributed by atoms with van der Waals surface area (Å²) in [5.74, 6) is -0.764. The highest BCUT2D eigenvalue weighted by Gasteiger charge is 2.22. The number of benzene rings is 2. The molecule has 164 valence electrons. The minimum absolute atomic E-state index is 0.118. The van der Waals surface area contributed by atoms with Crippen molar-refractivity contribution in [1.29, 1.82) is 0 Å². The van der Waals surface area contributed by atoms with Gasteiger partial charge < -0.3 is 14.8 Å². The molecule has 3 rings (SSSR count). The fourth-order valence-corrected chi connectivity index (χ4v) is 5.33. The van der Waals surface area contributed by atoms with Gasteiger partial charge in [0.1, 0.15) is 15.5 Å². The fourth-order valence-electron chi connectivity index (χ4n) is 2.93. The van der Waals surface area contributed by atoms with Gasteiger partial charge in [0.15, 0.2) is 0 Å². The summed E-state index contributed by atoms with van der Waals surface area (Å²) in [6, 6.07) is 10.8. The number of carbonyl (C=O) groups excluding carboxylic acids is 2. The second-order valence-electron chi connectivity index (χ2n) is 6.95. The van der Waals surface area contributed by atoms with Gasteiger partial charge in [-0.1, -0.05) is 0 Å². The van der Waals surface area contributed by atoms with Gasteiger partial charge in [-0.25, -0.2) is 17.9 Å². The predicted molar refractivity (Wildman–Crippen MR) is 120 cm³/mol. The normalized spacial score (nSPS) is 11.5. The van der Waals surface area contributed by atoms with Crippen molar-refractivity contribution in [2.45, 2.75) is 24.8 Å². The molecule has 1 aromatic heterocycles. The van der Waals surface area contributed by atoms with E-state index in [0.717, 1.165) is 10.1 Å². The van der Waals surface area contributed by atoms with Crippen LogP contribution in [-0.2, 0) is 14.8 Å². The molecule has 0 bridgehead atoms. The van der Waals surface area contributed by atoms with Crippen molar-refractivity contribution in [2.75, 3.05) is 19.5 Å². The SMILES string of the molecule is COC(=O)c1cc2cc(NC(=O)c3ccc(OC)c(S(=O)(=O)NC(C)C)c3)ccc2s1. The number of hydrogen-bond donors (Lipinski definition) is 2. The molecule has 0 saturated heterocycles. The Bertz CT molecular complexity index is 1250. The van der Waals surface area contributed by atoms with Gasteiger partial charge in [-0.15, -0.1) is 11.3 Å². The molecule has 31 heavy (non-hydrogen) atoms. The van der Waals surface area contributed by atoms with Crippen LogP contribution in [0.4, 0.5) is 5.69 Å². The summed E-state index contributed by atoms with van der Waals surface area (Å²) in [4.78, 5) is 24.8. The number of nitrogens with one attached hydrogen (secondary N) is 2. The maximum absolute atomic E-state index is 12.8. The van der Waals surface area contributed by atoms with Crippen molar-refractivity contribution in [3.63, 3.8) is 0 Å². The van der Waals surface area contributed by atoms with Crippen LogP contribution >= 0.6 is 11.3 Å². The molecule has 0 aliphatic carbocycles. The lowest BCUT2D eigenvalue weighted by Crippen LogP contribution is -2.30. The number of carbonyl (C=O) groups is 2. The third-order valence-corrected chi connectivity index (χ3v) is 7.04. The Hall–Kier alpha value is -2.95. The molecule has 3 aromatic rings. The van der Waals surface area contributed by atoms with E-state index in [1.165, 1.54) is 43.8 Å². The van der Waals surface area contributed by atoms with Crippen molar-refractivity contribution in [3.05, 3.63) is 52.9 Å². The van der Waals surface area contributed by atoms with Crippen LogP contribution in [0.2, 0.25) is 0 Å². The first-order valence-corrected chi connectivity index (χ1v) is 11.6. The number of fused-ring (bicyclic) bond motifs is 1. The minimum atomic E-state index is -3.87. The Labute approximate surface area is 184 Å². The van der Waals surface area contributed by atoms with Crippen LogP contribution in [0.25, 0.3) is 10.1 Å². The average molecular weight is 463 g/mol. The van der Waals surface area contributed by atoms with Crippen LogP contribution in [0.15, 0.2) is 47.4 Å². The zero-order valence-corrected chi connectivity index (χ0v) is 19.0. The summed E-state index contributed by atoms with van der Waals surface area (Å²) in [6.07, 6.45) is 0. The van der Waals surface area contributed by atoms with E-state index in [9.17, 15) is 18.0 Å². The highest BCUT2D eigenvalue weighted by molar-refractivity contribution is 7.89. The summed E-state index contributed by atoms with van der Waals surface area (Å²) < 4.78 is 38.5. The number of anilines is 1. The van der Waals surface area contributed by atoms with E-state index in [1.54, 1.807) is 38.1 Å². The molecule has 0 saturated carbocycles. The number of sulfonamides is 1. The molecule has 0 radical (unpaired) electrons. The summed E-state index contributed by atoms with van der Waals surface area (Å²) in [6.45, 7) is 3.40. The smallest absolute Gasteiger partial charge is 0.348 e. The second-order valence-corrected chi connectivity index (χ2v) is 9.72. The molecule has 8 nitrogen and oxygen atoms in total. The van der Waals surface area contributed by atoms with Crippen molar-refractivity contribution in [1.82, 2.24) is 4.72 Å². The molecule has 2 N–H and O–H groups in total. The molecular formula is C21H22N2O6S2. The van der Waals surface area contributed by atoms with E-state index in [0.29, 0.717) is 10.6 Å². The van der Waals surface area contributed by atoms with Crippen molar-refractivity contribution in [2.24, 2.45) is 0 Å². The van der Waals surface area contributed by atoms with Crippen LogP contribution in [0.5, 0.6) is 5.75 Å². The Morgan fingerprint density at radius 1 is 1.03 bits per heavy atom. The van der Waals surface area contributed by atoms with E-state index >= 15 is 0 Å². The zero-order chi connectivity index (χ0) is 22.8. The zero-order valence-electron chi connectivity index (χ0n) is 17.4. The number of thiophene rings is 1. The fraction of sp³-hybridized carbons (Fsp3) is 0.238. The lowest BCUT2D eigenvalue weighted by Gasteiger charge is -2.14. The summed E-state index contributed by atoms with van der Waals surface area (Å²) in [5.41, 5.74) is 0.665. The number of methoxy groups -OCH3 is 2. The van der Waals surface area contributed by atoms with Gasteiger partial charge in [0.25, 0.3) is 5.91 Å². The van der Waals surface area contributed by atoms with E-state index in [2.05, 4.69) is 10.0 Å². The van der Waals surface area contributed by atoms with E-state index < -0.39 is 21.9 Å². The van der Waals surface area contributed by atoms with Gasteiger partial charge in [-0.2, -0.15) is 0 Å². The van der Waals surface area contributed by atoms with E-state index in [-0.39, 0.29) is 22.3 Å². The van der Waals surface area contributed by atoms with Crippen LogP contribution in [0.1, 0.15) is 33.9 Å². The molecule has 1 amide bonds. The lowest BCUT2D eigenvalue weighted by molar-refractivity contribution is 0.0606. The Kier molecular flexibility index (Phi) is 6.63. The minimum Gasteiger partial charge on any atom is -0.495 e. The average Bonchev–Trinajstić information content (AvgIpc) is 3.15. The number of hydrogen-bond acceptors (Lipinski definition) is 7. The molecule has 1 heterocycles. The van der Waals surface area contributed by atoms with Crippen LogP contribution < -0.4 is 14.8 Å². The maximum Gasteiger partial charge on any atom is 0.348 e. The maximum atomic E-state index is 12.8. The largest absolute Gasteiger partial charge is 0.495 e. The monoisotopic (exact) mass is 462 g/mol. The number of rotatable bonds is 7. The second kappa shape index (κ2) is 9.04. The molecule has 2 aromatic carbocycles. The first-order chi connectivity index (χ1) is 14.6. The van der Waals surface area contributed by atoms with Crippen LogP contribution in [0, 0.1) is 0 Å². The van der Waals surface area contributed by atoms with E-state index in [4.69, 9.17) is 9.47 Å².